The second-order valence-electron chi connectivity index (χ2n) is 4.61. The minimum atomic E-state index is -0.963. The molecular weight excluding hydrogens is 236 g/mol. The van der Waals surface area contributed by atoms with Crippen LogP contribution in [0.4, 0.5) is 0 Å². The number of rotatable bonds is 0. The van der Waals surface area contributed by atoms with Crippen molar-refractivity contribution in [3.8, 4) is 6.01 Å². The lowest BCUT2D eigenvalue weighted by Crippen LogP contribution is -2.36. The molecule has 2 N–H and O–H groups in total. The number of fused-ring (bicyclic) bond motifs is 6. The Morgan fingerprint density at radius 3 is 2.94 bits per heavy atom. The monoisotopic (exact) mass is 248 g/mol. The zero-order valence-electron chi connectivity index (χ0n) is 9.43. The third-order valence-corrected chi connectivity index (χ3v) is 3.53. The summed E-state index contributed by atoms with van der Waals surface area (Å²) in [5, 5.41) is 19.9. The molecule has 0 amide bonds. The van der Waals surface area contributed by atoms with Crippen LogP contribution in [0.5, 0.6) is 6.01 Å². The first-order valence-electron chi connectivity index (χ1n) is 5.87. The number of hydrogen-bond donors (Lipinski definition) is 2. The average molecular weight is 248 g/mol. The third kappa shape index (κ3) is 1.19. The lowest BCUT2D eigenvalue weighted by atomic mass is 10.1. The summed E-state index contributed by atoms with van der Waals surface area (Å²) in [5.74, 6) is 0. The lowest BCUT2D eigenvalue weighted by Gasteiger charge is -2.19. The highest BCUT2D eigenvalue weighted by atomic mass is 16.6. The van der Waals surface area contributed by atoms with E-state index in [2.05, 4.69) is 4.98 Å². The van der Waals surface area contributed by atoms with Gasteiger partial charge in [-0.05, 0) is 12.1 Å². The number of aliphatic hydroxyl groups excluding tert-OH is 2. The summed E-state index contributed by atoms with van der Waals surface area (Å²) in [7, 11) is 0. The van der Waals surface area contributed by atoms with Crippen molar-refractivity contribution in [2.45, 2.75) is 24.5 Å². The Morgan fingerprint density at radius 1 is 1.22 bits per heavy atom. The zero-order chi connectivity index (χ0) is 12.3. The number of imidazole rings is 1. The van der Waals surface area contributed by atoms with Crippen LogP contribution in [0.3, 0.4) is 0 Å². The first kappa shape index (κ1) is 10.3. The molecule has 0 radical (unpaired) electrons. The van der Waals surface area contributed by atoms with E-state index < -0.39 is 24.5 Å². The molecule has 0 unspecified atom stereocenters. The summed E-state index contributed by atoms with van der Waals surface area (Å²) < 4.78 is 12.9. The minimum absolute atomic E-state index is 0.193. The first-order chi connectivity index (χ1) is 8.75. The predicted molar refractivity (Wildman–Crippen MR) is 61.2 cm³/mol. The molecule has 2 bridgehead atoms. The number of hydrogen-bond acceptors (Lipinski definition) is 5. The van der Waals surface area contributed by atoms with Crippen molar-refractivity contribution in [3.63, 3.8) is 0 Å². The fraction of sp³-hybridized carbons (Fsp3) is 0.417. The van der Waals surface area contributed by atoms with E-state index in [9.17, 15) is 10.2 Å². The van der Waals surface area contributed by atoms with E-state index in [1.165, 1.54) is 0 Å². The van der Waals surface area contributed by atoms with Crippen molar-refractivity contribution in [1.82, 2.24) is 9.55 Å². The molecule has 18 heavy (non-hydrogen) atoms. The van der Waals surface area contributed by atoms with Crippen LogP contribution in [0, 0.1) is 0 Å². The number of nitrogens with zero attached hydrogens (tertiary/aromatic N) is 2. The molecule has 0 spiro atoms. The Balaban J connectivity index is 1.96. The van der Waals surface area contributed by atoms with E-state index in [4.69, 9.17) is 9.47 Å². The molecule has 2 aromatic rings. The standard InChI is InChI=1S/C12H12N2O4/c15-9-8-5-17-12-13-6-3-1-2-4-7(6)14(12)11(18-8)10(9)16/h1-4,8-11,15-16H,5H2/t8-,9+,10-,11+/m0/s1. The summed E-state index contributed by atoms with van der Waals surface area (Å²) in [6, 6.07) is 7.96. The maximum absolute atomic E-state index is 10.0. The Hall–Kier alpha value is -1.63. The van der Waals surface area contributed by atoms with Gasteiger partial charge in [-0.15, -0.1) is 0 Å². The van der Waals surface area contributed by atoms with Crippen molar-refractivity contribution in [3.05, 3.63) is 24.3 Å². The molecule has 1 aromatic carbocycles. The minimum Gasteiger partial charge on any atom is -0.462 e. The average Bonchev–Trinajstić information content (AvgIpc) is 2.80. The zero-order valence-corrected chi connectivity index (χ0v) is 9.43. The highest BCUT2D eigenvalue weighted by molar-refractivity contribution is 5.76. The molecule has 6 heteroatoms. The molecule has 1 aromatic heterocycles. The fourth-order valence-corrected chi connectivity index (χ4v) is 2.61. The SMILES string of the molecule is O[C@H]1[C@H](O)[C@H]2O[C@H]1COc1nc3ccccc3n12. The van der Waals surface area contributed by atoms with Crippen molar-refractivity contribution in [2.75, 3.05) is 6.61 Å². The van der Waals surface area contributed by atoms with E-state index in [1.807, 2.05) is 24.3 Å². The molecular formula is C12H12N2O4. The van der Waals surface area contributed by atoms with Crippen LogP contribution >= 0.6 is 0 Å². The normalized spacial score (nSPS) is 34.1. The summed E-state index contributed by atoms with van der Waals surface area (Å²) in [6.07, 6.45) is -3.04. The number of aliphatic hydroxyl groups is 2. The molecule has 1 saturated heterocycles. The Kier molecular flexibility index (Phi) is 1.97. The van der Waals surface area contributed by atoms with Gasteiger partial charge in [0, 0.05) is 0 Å². The van der Waals surface area contributed by atoms with Gasteiger partial charge < -0.3 is 19.7 Å². The maximum Gasteiger partial charge on any atom is 0.299 e. The van der Waals surface area contributed by atoms with Crippen LogP contribution in [0.2, 0.25) is 0 Å². The first-order valence-corrected chi connectivity index (χ1v) is 5.87. The second-order valence-corrected chi connectivity index (χ2v) is 4.61. The number of para-hydroxylation sites is 2. The fourth-order valence-electron chi connectivity index (χ4n) is 2.61. The maximum atomic E-state index is 10.0. The van der Waals surface area contributed by atoms with Gasteiger partial charge >= 0.3 is 0 Å². The molecule has 3 heterocycles. The van der Waals surface area contributed by atoms with Crippen LogP contribution in [0.1, 0.15) is 6.23 Å². The quantitative estimate of drug-likeness (QED) is 0.688. The van der Waals surface area contributed by atoms with Crippen LogP contribution in [-0.4, -0.2) is 44.7 Å². The Morgan fingerprint density at radius 2 is 2.06 bits per heavy atom. The molecule has 1 fully saturated rings. The van der Waals surface area contributed by atoms with Crippen molar-refractivity contribution >= 4 is 11.0 Å². The van der Waals surface area contributed by atoms with Crippen LogP contribution in [0.15, 0.2) is 24.3 Å². The Labute approximate surface area is 102 Å². The van der Waals surface area contributed by atoms with Crippen LogP contribution in [0.25, 0.3) is 11.0 Å². The largest absolute Gasteiger partial charge is 0.462 e. The van der Waals surface area contributed by atoms with Gasteiger partial charge in [0.15, 0.2) is 6.23 Å². The lowest BCUT2D eigenvalue weighted by molar-refractivity contribution is -0.0293. The van der Waals surface area contributed by atoms with Gasteiger partial charge in [-0.2, -0.15) is 4.98 Å². The highest BCUT2D eigenvalue weighted by Crippen LogP contribution is 2.38. The van der Waals surface area contributed by atoms with Gasteiger partial charge in [-0.25, -0.2) is 0 Å². The van der Waals surface area contributed by atoms with E-state index in [1.54, 1.807) is 4.57 Å². The molecule has 2 aliphatic rings. The van der Waals surface area contributed by atoms with Crippen LogP contribution in [-0.2, 0) is 4.74 Å². The highest BCUT2D eigenvalue weighted by Gasteiger charge is 2.47. The van der Waals surface area contributed by atoms with E-state index in [0.717, 1.165) is 11.0 Å². The van der Waals surface area contributed by atoms with Crippen molar-refractivity contribution in [2.24, 2.45) is 0 Å². The third-order valence-electron chi connectivity index (χ3n) is 3.53. The van der Waals surface area contributed by atoms with Gasteiger partial charge in [0.05, 0.1) is 11.0 Å². The Bertz CT molecular complexity index is 611. The molecule has 0 saturated carbocycles. The molecule has 2 aliphatic heterocycles. The second kappa shape index (κ2) is 3.44. The van der Waals surface area contributed by atoms with Gasteiger partial charge in [0.2, 0.25) is 0 Å². The van der Waals surface area contributed by atoms with E-state index in [0.29, 0.717) is 6.01 Å². The molecule has 94 valence electrons. The topological polar surface area (TPSA) is 76.7 Å². The molecule has 4 atom stereocenters. The summed E-state index contributed by atoms with van der Waals surface area (Å²) >= 11 is 0. The molecule has 4 rings (SSSR count). The van der Waals surface area contributed by atoms with Gasteiger partial charge in [-0.3, -0.25) is 4.57 Å². The van der Waals surface area contributed by atoms with E-state index in [-0.39, 0.29) is 6.61 Å². The van der Waals surface area contributed by atoms with Gasteiger partial charge in [0.25, 0.3) is 6.01 Å². The summed E-state index contributed by atoms with van der Waals surface area (Å²) in [4.78, 5) is 4.36. The molecule has 0 aliphatic carbocycles. The predicted octanol–water partition coefficient (Wildman–Crippen LogP) is 0.0479. The van der Waals surface area contributed by atoms with Crippen molar-refractivity contribution < 1.29 is 19.7 Å². The molecule has 6 nitrogen and oxygen atoms in total. The van der Waals surface area contributed by atoms with Gasteiger partial charge in [0.1, 0.15) is 24.9 Å². The van der Waals surface area contributed by atoms with Crippen LogP contribution < -0.4 is 4.74 Å². The summed E-state index contributed by atoms with van der Waals surface area (Å²) in [5.41, 5.74) is 1.61. The smallest absolute Gasteiger partial charge is 0.299 e. The summed E-state index contributed by atoms with van der Waals surface area (Å²) in [6.45, 7) is 0.193. The number of benzene rings is 1. The number of ether oxygens (including phenoxy) is 2. The van der Waals surface area contributed by atoms with E-state index >= 15 is 0 Å². The van der Waals surface area contributed by atoms with Crippen molar-refractivity contribution in [1.29, 1.82) is 0 Å². The van der Waals surface area contributed by atoms with Gasteiger partial charge in [-0.1, -0.05) is 12.1 Å². The number of aromatic nitrogens is 2.